The van der Waals surface area contributed by atoms with Crippen molar-refractivity contribution in [3.63, 3.8) is 0 Å². The van der Waals surface area contributed by atoms with Crippen LogP contribution in [0.1, 0.15) is 34.1 Å². The van der Waals surface area contributed by atoms with Crippen LogP contribution in [-0.4, -0.2) is 65.7 Å². The molecule has 0 aliphatic carbocycles. The Kier molecular flexibility index (Phi) is 7.60. The number of nitrogens with zero attached hydrogens (tertiary/aromatic N) is 3. The van der Waals surface area contributed by atoms with Gasteiger partial charge in [0.2, 0.25) is 5.91 Å². The van der Waals surface area contributed by atoms with Gasteiger partial charge in [0.05, 0.1) is 17.9 Å². The Bertz CT molecular complexity index is 687. The third-order valence-corrected chi connectivity index (χ3v) is 3.86. The molecule has 1 aliphatic rings. The number of carbonyl (C=O) groups excluding carboxylic acids is 2. The highest BCUT2D eigenvalue weighted by Crippen LogP contribution is 2.12. The van der Waals surface area contributed by atoms with Crippen LogP contribution in [0.25, 0.3) is 0 Å². The summed E-state index contributed by atoms with van der Waals surface area (Å²) in [4.78, 5) is 34.5. The molecule has 1 aromatic heterocycles. The molecule has 1 aliphatic heterocycles. The Morgan fingerprint density at radius 2 is 2.18 bits per heavy atom. The number of aliphatic imine (C=N–C) groups is 1. The van der Waals surface area contributed by atoms with E-state index >= 15 is 0 Å². The van der Waals surface area contributed by atoms with Crippen molar-refractivity contribution in [2.45, 2.75) is 45.8 Å². The summed E-state index contributed by atoms with van der Waals surface area (Å²) in [5.74, 6) is 0.434. The molecule has 154 valence electrons. The van der Waals surface area contributed by atoms with Gasteiger partial charge in [0, 0.05) is 25.8 Å². The number of rotatable bonds is 5. The first-order chi connectivity index (χ1) is 13.3. The van der Waals surface area contributed by atoms with E-state index in [9.17, 15) is 9.59 Å². The van der Waals surface area contributed by atoms with Crippen molar-refractivity contribution < 1.29 is 14.3 Å². The zero-order valence-corrected chi connectivity index (χ0v) is 17.0. The molecule has 0 bridgehead atoms. The summed E-state index contributed by atoms with van der Waals surface area (Å²) in [6.07, 6.45) is 3.59. The maximum atomic E-state index is 12.1. The molecule has 9 heteroatoms. The Morgan fingerprint density at radius 3 is 2.82 bits per heavy atom. The highest BCUT2D eigenvalue weighted by atomic mass is 16.6. The Hall–Kier alpha value is -2.84. The van der Waals surface area contributed by atoms with E-state index in [0.29, 0.717) is 24.7 Å². The van der Waals surface area contributed by atoms with Crippen LogP contribution in [0.4, 0.5) is 10.5 Å². The number of anilines is 1. The fraction of sp³-hybridized carbons (Fsp3) is 0.579. The van der Waals surface area contributed by atoms with Gasteiger partial charge in [-0.05, 0) is 46.2 Å². The number of ether oxygens (including phenoxy) is 1. The van der Waals surface area contributed by atoms with Crippen molar-refractivity contribution in [1.29, 1.82) is 0 Å². The smallest absolute Gasteiger partial charge is 0.407 e. The van der Waals surface area contributed by atoms with Crippen LogP contribution in [0.5, 0.6) is 0 Å². The average molecular weight is 390 g/mol. The first-order valence-corrected chi connectivity index (χ1v) is 9.49. The van der Waals surface area contributed by atoms with Gasteiger partial charge in [0.1, 0.15) is 12.1 Å². The van der Waals surface area contributed by atoms with Crippen molar-refractivity contribution >= 4 is 23.6 Å². The van der Waals surface area contributed by atoms with E-state index in [2.05, 4.69) is 25.9 Å². The summed E-state index contributed by atoms with van der Waals surface area (Å²) in [7, 11) is 0. The number of alkyl carbamates (subject to hydrolysis) is 1. The van der Waals surface area contributed by atoms with E-state index in [4.69, 9.17) is 4.74 Å². The van der Waals surface area contributed by atoms with Gasteiger partial charge in [0.15, 0.2) is 5.96 Å². The number of pyridine rings is 1. The van der Waals surface area contributed by atoms with Gasteiger partial charge in [-0.1, -0.05) is 0 Å². The van der Waals surface area contributed by atoms with Gasteiger partial charge in [-0.3, -0.25) is 9.78 Å². The minimum absolute atomic E-state index is 0.00209. The van der Waals surface area contributed by atoms with Crippen LogP contribution in [0.2, 0.25) is 0 Å². The molecule has 1 unspecified atom stereocenters. The van der Waals surface area contributed by atoms with Gasteiger partial charge >= 0.3 is 6.09 Å². The molecule has 0 aromatic carbocycles. The van der Waals surface area contributed by atoms with E-state index in [1.165, 1.54) is 0 Å². The van der Waals surface area contributed by atoms with Crippen molar-refractivity contribution in [3.05, 3.63) is 24.5 Å². The zero-order valence-electron chi connectivity index (χ0n) is 17.0. The second kappa shape index (κ2) is 9.91. The second-order valence-corrected chi connectivity index (χ2v) is 7.54. The van der Waals surface area contributed by atoms with Crippen molar-refractivity contribution in [2.75, 3.05) is 31.5 Å². The molecule has 2 heterocycles. The third-order valence-electron chi connectivity index (χ3n) is 3.86. The predicted octanol–water partition coefficient (Wildman–Crippen LogP) is 1.58. The molecule has 1 aromatic rings. The standard InChI is InChI=1S/C19H30N6O3/c1-5-21-17(22-12-16(26)23-14-7-6-9-20-11-14)25-10-8-15(13-25)24-18(27)28-19(2,3)4/h6-7,9,11,15H,5,8,10,12-13H2,1-4H3,(H,21,22)(H,23,26)(H,24,27). The minimum atomic E-state index is -0.527. The number of carbonyl (C=O) groups is 2. The van der Waals surface area contributed by atoms with Crippen molar-refractivity contribution in [3.8, 4) is 0 Å². The monoisotopic (exact) mass is 390 g/mol. The number of nitrogens with one attached hydrogen (secondary N) is 3. The molecule has 3 N–H and O–H groups in total. The zero-order chi connectivity index (χ0) is 20.6. The number of amides is 2. The fourth-order valence-electron chi connectivity index (χ4n) is 2.75. The van der Waals surface area contributed by atoms with Crippen LogP contribution >= 0.6 is 0 Å². The van der Waals surface area contributed by atoms with Crippen LogP contribution in [0, 0.1) is 0 Å². The molecule has 0 saturated carbocycles. The molecule has 0 spiro atoms. The minimum Gasteiger partial charge on any atom is -0.444 e. The van der Waals surface area contributed by atoms with E-state index < -0.39 is 11.7 Å². The summed E-state index contributed by atoms with van der Waals surface area (Å²) in [6.45, 7) is 9.49. The van der Waals surface area contributed by atoms with Gasteiger partial charge < -0.3 is 25.6 Å². The van der Waals surface area contributed by atoms with E-state index in [1.807, 2.05) is 32.6 Å². The average Bonchev–Trinajstić information content (AvgIpc) is 3.06. The molecule has 1 saturated heterocycles. The van der Waals surface area contributed by atoms with Crippen LogP contribution < -0.4 is 16.0 Å². The van der Waals surface area contributed by atoms with Crippen LogP contribution in [-0.2, 0) is 9.53 Å². The lowest BCUT2D eigenvalue weighted by Crippen LogP contribution is -2.44. The lowest BCUT2D eigenvalue weighted by Gasteiger charge is -2.23. The highest BCUT2D eigenvalue weighted by Gasteiger charge is 2.27. The summed E-state index contributed by atoms with van der Waals surface area (Å²) in [6, 6.07) is 3.50. The Labute approximate surface area is 165 Å². The topological polar surface area (TPSA) is 108 Å². The number of guanidine groups is 1. The Balaban J connectivity index is 1.88. The first kappa shape index (κ1) is 21.5. The van der Waals surface area contributed by atoms with Crippen LogP contribution in [0.15, 0.2) is 29.5 Å². The lowest BCUT2D eigenvalue weighted by atomic mass is 10.2. The molecule has 1 atom stereocenters. The van der Waals surface area contributed by atoms with Gasteiger partial charge in [-0.15, -0.1) is 0 Å². The van der Waals surface area contributed by atoms with Crippen molar-refractivity contribution in [1.82, 2.24) is 20.5 Å². The molecule has 2 rings (SSSR count). The maximum Gasteiger partial charge on any atom is 0.407 e. The normalized spacial score (nSPS) is 17.2. The van der Waals surface area contributed by atoms with Crippen molar-refractivity contribution in [2.24, 2.45) is 4.99 Å². The number of hydrogen-bond donors (Lipinski definition) is 3. The largest absolute Gasteiger partial charge is 0.444 e. The second-order valence-electron chi connectivity index (χ2n) is 7.54. The molecule has 0 radical (unpaired) electrons. The van der Waals surface area contributed by atoms with E-state index in [1.54, 1.807) is 24.5 Å². The molecular weight excluding hydrogens is 360 g/mol. The van der Waals surface area contributed by atoms with Crippen LogP contribution in [0.3, 0.4) is 0 Å². The summed E-state index contributed by atoms with van der Waals surface area (Å²) < 4.78 is 5.31. The summed E-state index contributed by atoms with van der Waals surface area (Å²) in [5, 5.41) is 8.84. The highest BCUT2D eigenvalue weighted by molar-refractivity contribution is 5.94. The maximum absolute atomic E-state index is 12.1. The van der Waals surface area contributed by atoms with E-state index in [-0.39, 0.29) is 18.5 Å². The fourth-order valence-corrected chi connectivity index (χ4v) is 2.75. The lowest BCUT2D eigenvalue weighted by molar-refractivity contribution is -0.114. The number of likely N-dealkylation sites (tertiary alicyclic amines) is 1. The molecular formula is C19H30N6O3. The van der Waals surface area contributed by atoms with Gasteiger partial charge in [-0.25, -0.2) is 9.79 Å². The Morgan fingerprint density at radius 1 is 1.39 bits per heavy atom. The molecule has 2 amide bonds. The SMILES string of the molecule is CCNC(=NCC(=O)Nc1cccnc1)N1CCC(NC(=O)OC(C)(C)C)C1. The summed E-state index contributed by atoms with van der Waals surface area (Å²) >= 11 is 0. The number of aromatic nitrogens is 1. The predicted molar refractivity (Wildman–Crippen MR) is 108 cm³/mol. The summed E-state index contributed by atoms with van der Waals surface area (Å²) in [5.41, 5.74) is 0.107. The quantitative estimate of drug-likeness (QED) is 0.520. The molecule has 1 fully saturated rings. The van der Waals surface area contributed by atoms with Gasteiger partial charge in [-0.2, -0.15) is 0 Å². The van der Waals surface area contributed by atoms with Gasteiger partial charge in [0.25, 0.3) is 0 Å². The molecule has 28 heavy (non-hydrogen) atoms. The number of hydrogen-bond acceptors (Lipinski definition) is 5. The molecule has 9 nitrogen and oxygen atoms in total. The third kappa shape index (κ3) is 7.42. The first-order valence-electron chi connectivity index (χ1n) is 9.49. The van der Waals surface area contributed by atoms with E-state index in [0.717, 1.165) is 13.0 Å².